The van der Waals surface area contributed by atoms with E-state index in [4.69, 9.17) is 4.42 Å². The summed E-state index contributed by atoms with van der Waals surface area (Å²) in [6.07, 6.45) is 0.738. The van der Waals surface area contributed by atoms with Crippen molar-refractivity contribution in [1.82, 2.24) is 9.80 Å². The van der Waals surface area contributed by atoms with Gasteiger partial charge < -0.3 is 14.2 Å². The fourth-order valence-electron chi connectivity index (χ4n) is 3.53. The first-order valence-electron chi connectivity index (χ1n) is 10.7. The Morgan fingerprint density at radius 1 is 0.812 bits per heavy atom. The molecule has 32 heavy (non-hydrogen) atoms. The minimum atomic E-state index is -0.611. The Morgan fingerprint density at radius 2 is 1.41 bits per heavy atom. The smallest absolute Gasteiger partial charge is 0.347 e. The van der Waals surface area contributed by atoms with Crippen molar-refractivity contribution in [3.05, 3.63) is 69.6 Å². The first-order valence-corrected chi connectivity index (χ1v) is 10.7. The topological polar surface area (TPSA) is 70.8 Å². The summed E-state index contributed by atoms with van der Waals surface area (Å²) in [6.45, 7) is 3.21. The molecule has 0 atom stereocenters. The van der Waals surface area contributed by atoms with E-state index in [1.807, 2.05) is 75.2 Å². The molecular weight excluding hydrogens is 404 g/mol. The largest absolute Gasteiger partial charge is 0.422 e. The lowest BCUT2D eigenvalue weighted by Gasteiger charge is -2.11. The average molecular weight is 435 g/mol. The molecule has 168 valence electrons. The Morgan fingerprint density at radius 3 is 2.00 bits per heavy atom. The highest BCUT2D eigenvalue weighted by Crippen LogP contribution is 2.28. The maximum atomic E-state index is 12.5. The lowest BCUT2D eigenvalue weighted by molar-refractivity contribution is 0.0962. The highest BCUT2D eigenvalue weighted by molar-refractivity contribution is 5.99. The van der Waals surface area contributed by atoms with Crippen molar-refractivity contribution in [1.29, 1.82) is 0 Å². The maximum Gasteiger partial charge on any atom is 0.347 e. The van der Waals surface area contributed by atoms with Crippen LogP contribution in [0, 0.1) is 6.92 Å². The van der Waals surface area contributed by atoms with E-state index < -0.39 is 5.63 Å². The molecular formula is C26H30N2O4. The Hall–Kier alpha value is -3.09. The van der Waals surface area contributed by atoms with Gasteiger partial charge in [0.2, 0.25) is 0 Å². The van der Waals surface area contributed by atoms with E-state index in [-0.39, 0.29) is 23.6 Å². The average Bonchev–Trinajstić information content (AvgIpc) is 2.75. The zero-order valence-electron chi connectivity index (χ0n) is 19.4. The molecule has 0 N–H and O–H groups in total. The molecule has 6 nitrogen and oxygen atoms in total. The summed E-state index contributed by atoms with van der Waals surface area (Å²) in [7, 11) is 7.65. The Balaban J connectivity index is 1.89. The van der Waals surface area contributed by atoms with E-state index in [2.05, 4.69) is 0 Å². The van der Waals surface area contributed by atoms with Crippen LogP contribution in [-0.2, 0) is 0 Å². The van der Waals surface area contributed by atoms with E-state index in [1.165, 1.54) is 0 Å². The predicted molar refractivity (Wildman–Crippen MR) is 128 cm³/mol. The molecule has 3 aromatic rings. The van der Waals surface area contributed by atoms with E-state index in [1.54, 1.807) is 12.1 Å². The molecule has 0 saturated heterocycles. The third-order valence-corrected chi connectivity index (χ3v) is 5.47. The molecule has 1 heterocycles. The Labute approximate surface area is 188 Å². The molecule has 0 aliphatic carbocycles. The van der Waals surface area contributed by atoms with Crippen LogP contribution in [0.5, 0.6) is 0 Å². The van der Waals surface area contributed by atoms with Gasteiger partial charge >= 0.3 is 5.63 Å². The summed E-state index contributed by atoms with van der Waals surface area (Å²) >= 11 is 0. The number of rotatable bonds is 9. The molecule has 0 amide bonds. The van der Waals surface area contributed by atoms with Gasteiger partial charge in [-0.25, -0.2) is 4.79 Å². The van der Waals surface area contributed by atoms with Gasteiger partial charge in [0.25, 0.3) is 0 Å². The van der Waals surface area contributed by atoms with Crippen molar-refractivity contribution < 1.29 is 14.0 Å². The Bertz CT molecular complexity index is 1190. The second-order valence-electron chi connectivity index (χ2n) is 8.68. The summed E-state index contributed by atoms with van der Waals surface area (Å²) in [5.74, 6) is -0.107. The van der Waals surface area contributed by atoms with Crippen molar-refractivity contribution in [2.75, 3.05) is 41.3 Å². The van der Waals surface area contributed by atoms with Gasteiger partial charge in [-0.15, -0.1) is 0 Å². The molecule has 0 radical (unpaired) electrons. The molecule has 1 aromatic heterocycles. The molecule has 3 rings (SSSR count). The second kappa shape index (κ2) is 10.0. The van der Waals surface area contributed by atoms with Crippen LogP contribution in [0.15, 0.2) is 51.7 Å². The summed E-state index contributed by atoms with van der Waals surface area (Å²) in [4.78, 5) is 41.1. The third kappa shape index (κ3) is 5.58. The summed E-state index contributed by atoms with van der Waals surface area (Å²) in [5, 5.41) is 0.747. The van der Waals surface area contributed by atoms with E-state index in [0.29, 0.717) is 30.7 Å². The van der Waals surface area contributed by atoms with Crippen molar-refractivity contribution in [3.63, 3.8) is 0 Å². The molecule has 0 spiro atoms. The summed E-state index contributed by atoms with van der Waals surface area (Å²) < 4.78 is 5.53. The van der Waals surface area contributed by atoms with Crippen LogP contribution in [0.4, 0.5) is 0 Å². The number of hydrogen-bond donors (Lipinski definition) is 0. The summed E-state index contributed by atoms with van der Waals surface area (Å²) in [5.41, 5.74) is 3.33. The normalized spacial score (nSPS) is 11.5. The molecule has 0 fully saturated rings. The van der Waals surface area contributed by atoms with Crippen LogP contribution in [-0.4, -0.2) is 62.6 Å². The number of carbonyl (C=O) groups excluding carboxylic acids is 2. The zero-order valence-corrected chi connectivity index (χ0v) is 19.4. The first kappa shape index (κ1) is 23.6. The van der Waals surface area contributed by atoms with Gasteiger partial charge in [0, 0.05) is 36.9 Å². The van der Waals surface area contributed by atoms with E-state index >= 15 is 0 Å². The fourth-order valence-corrected chi connectivity index (χ4v) is 3.53. The van der Waals surface area contributed by atoms with Crippen LogP contribution in [0.2, 0.25) is 0 Å². The van der Waals surface area contributed by atoms with Crippen molar-refractivity contribution in [2.45, 2.75) is 19.8 Å². The maximum absolute atomic E-state index is 12.5. The molecule has 0 aliphatic rings. The molecule has 0 bridgehead atoms. The van der Waals surface area contributed by atoms with Crippen molar-refractivity contribution >= 4 is 22.5 Å². The molecule has 0 saturated carbocycles. The zero-order chi connectivity index (χ0) is 23.4. The van der Waals surface area contributed by atoms with Crippen LogP contribution < -0.4 is 5.63 Å². The van der Waals surface area contributed by atoms with Gasteiger partial charge in [-0.2, -0.15) is 0 Å². The van der Waals surface area contributed by atoms with Crippen molar-refractivity contribution in [3.8, 4) is 11.1 Å². The monoisotopic (exact) mass is 434 g/mol. The number of hydrogen-bond acceptors (Lipinski definition) is 6. The number of carbonyl (C=O) groups is 2. The second-order valence-corrected chi connectivity index (χ2v) is 8.68. The van der Waals surface area contributed by atoms with Crippen LogP contribution in [0.3, 0.4) is 0 Å². The van der Waals surface area contributed by atoms with Gasteiger partial charge in [-0.05, 0) is 63.9 Å². The number of ketones is 2. The number of benzene rings is 2. The van der Waals surface area contributed by atoms with Gasteiger partial charge in [-0.1, -0.05) is 30.3 Å². The minimum absolute atomic E-state index is 0.0933. The number of Topliss-reactive ketones (excluding diaryl/α,β-unsaturated/α-hetero) is 2. The summed E-state index contributed by atoms with van der Waals surface area (Å²) in [6, 6.07) is 12.9. The van der Waals surface area contributed by atoms with Gasteiger partial charge in [-0.3, -0.25) is 9.59 Å². The number of aryl methyl sites for hydroxylation is 1. The van der Waals surface area contributed by atoms with Crippen molar-refractivity contribution in [2.24, 2.45) is 0 Å². The van der Waals surface area contributed by atoms with Gasteiger partial charge in [0.05, 0.1) is 0 Å². The van der Waals surface area contributed by atoms with E-state index in [0.717, 1.165) is 22.1 Å². The minimum Gasteiger partial charge on any atom is -0.422 e. The fraction of sp³-hybridized carbons (Fsp3) is 0.346. The molecule has 0 unspecified atom stereocenters. The lowest BCUT2D eigenvalue weighted by atomic mass is 9.97. The molecule has 6 heteroatoms. The third-order valence-electron chi connectivity index (χ3n) is 5.47. The standard InChI is InChI=1S/C26H30N2O4/c1-17-14-20(18-6-8-19(9-7-18)23(29)10-12-27(2)3)15-25-21(17)16-22(26(31)32-25)24(30)11-13-28(4)5/h6-9,14-16H,10-13H2,1-5H3. The van der Waals surface area contributed by atoms with Crippen LogP contribution in [0.1, 0.15) is 39.1 Å². The number of fused-ring (bicyclic) bond motifs is 1. The first-order chi connectivity index (χ1) is 15.2. The van der Waals surface area contributed by atoms with Crippen LogP contribution >= 0.6 is 0 Å². The molecule has 2 aromatic carbocycles. The van der Waals surface area contributed by atoms with Gasteiger partial charge in [0.15, 0.2) is 11.6 Å². The van der Waals surface area contributed by atoms with Crippen LogP contribution in [0.25, 0.3) is 22.1 Å². The Kier molecular flexibility index (Phi) is 7.38. The highest BCUT2D eigenvalue weighted by Gasteiger charge is 2.16. The molecule has 0 aliphatic heterocycles. The van der Waals surface area contributed by atoms with Gasteiger partial charge in [0.1, 0.15) is 11.1 Å². The highest BCUT2D eigenvalue weighted by atomic mass is 16.4. The number of nitrogens with zero attached hydrogens (tertiary/aromatic N) is 2. The van der Waals surface area contributed by atoms with E-state index in [9.17, 15) is 14.4 Å². The predicted octanol–water partition coefficient (Wildman–Crippen LogP) is 4.04. The lowest BCUT2D eigenvalue weighted by Crippen LogP contribution is -2.20. The SMILES string of the molecule is Cc1cc(-c2ccc(C(=O)CCN(C)C)cc2)cc2oc(=O)c(C(=O)CCN(C)C)cc12. The quantitative estimate of drug-likeness (QED) is 0.374.